The number of hydrogen-bond acceptors (Lipinski definition) is 22. The fraction of sp³-hybridized carbons (Fsp3) is 0.577. The molecule has 288 valence electrons. The van der Waals surface area contributed by atoms with Gasteiger partial charge in [-0.25, -0.2) is 52.7 Å². The lowest BCUT2D eigenvalue weighted by molar-refractivity contribution is -0.0775. The summed E-state index contributed by atoms with van der Waals surface area (Å²) in [6.45, 7) is 0.535. The van der Waals surface area contributed by atoms with E-state index in [0.29, 0.717) is 0 Å². The van der Waals surface area contributed by atoms with Crippen molar-refractivity contribution in [1.29, 1.82) is 0 Å². The molecule has 10 atom stereocenters. The molecule has 0 amide bonds. The molecule has 0 spiro atoms. The van der Waals surface area contributed by atoms with Crippen LogP contribution in [0.25, 0.3) is 22.3 Å². The van der Waals surface area contributed by atoms with E-state index in [-0.39, 0.29) is 34.0 Å². The van der Waals surface area contributed by atoms with Gasteiger partial charge < -0.3 is 35.5 Å². The monoisotopic (exact) mass is 790 g/mol. The summed E-state index contributed by atoms with van der Waals surface area (Å²) in [6, 6.07) is 0. The first-order valence-corrected chi connectivity index (χ1v) is 18.6. The smallest absolute Gasteiger partial charge is 0.432 e. The highest BCUT2D eigenvalue weighted by Gasteiger charge is 2.55. The summed E-state index contributed by atoms with van der Waals surface area (Å²) in [5.41, 5.74) is 12.3. The van der Waals surface area contributed by atoms with Crippen LogP contribution in [0.3, 0.4) is 0 Å². The second-order valence-electron chi connectivity index (χ2n) is 11.8. The Morgan fingerprint density at radius 3 is 2.09 bits per heavy atom. The first-order valence-electron chi connectivity index (χ1n) is 15.7. The van der Waals surface area contributed by atoms with Crippen molar-refractivity contribution in [2.45, 2.75) is 69.1 Å². The normalized spacial score (nSPS) is 33.7. The molecule has 2 bridgehead atoms. The number of imidazole rings is 2. The summed E-state index contributed by atoms with van der Waals surface area (Å²) < 4.78 is 102. The van der Waals surface area contributed by atoms with E-state index in [1.807, 2.05) is 0 Å². The number of aliphatic hydroxyl groups excluding tert-OH is 1. The second kappa shape index (κ2) is 14.7. The molecule has 5 N–H and O–H groups in total. The fourth-order valence-electron chi connectivity index (χ4n) is 5.70. The lowest BCUT2D eigenvalue weighted by atomic mass is 10.1. The molecule has 0 aromatic carbocycles. The second-order valence-corrected chi connectivity index (χ2v) is 15.2. The number of carbonyl (C=O) groups is 1. The van der Waals surface area contributed by atoms with Crippen molar-refractivity contribution in [3.8, 4) is 0 Å². The van der Waals surface area contributed by atoms with Gasteiger partial charge in [-0.05, 0) is 13.8 Å². The van der Waals surface area contributed by atoms with Gasteiger partial charge in [-0.15, -0.1) is 0 Å². The molecule has 0 radical (unpaired) electrons. The number of halogens is 1. The zero-order valence-electron chi connectivity index (χ0n) is 27.9. The number of aromatic nitrogens is 8. The molecule has 3 saturated heterocycles. The van der Waals surface area contributed by atoms with Crippen LogP contribution in [0, 0.1) is 0 Å². The topological polar surface area (TPSA) is 303 Å². The third-order valence-electron chi connectivity index (χ3n) is 8.14. The van der Waals surface area contributed by atoms with Crippen molar-refractivity contribution in [3.63, 3.8) is 0 Å². The van der Waals surface area contributed by atoms with Crippen molar-refractivity contribution in [2.75, 3.05) is 38.6 Å². The number of nitrogens with zero attached hydrogens (tertiary/aromatic N) is 8. The molecule has 7 heterocycles. The minimum absolute atomic E-state index is 0.00765. The van der Waals surface area contributed by atoms with Gasteiger partial charge in [-0.2, -0.15) is 0 Å². The van der Waals surface area contributed by atoms with E-state index < -0.39 is 97.1 Å². The van der Waals surface area contributed by atoms with Gasteiger partial charge in [0.05, 0.1) is 32.0 Å². The standard InChI is InChI=1S/C26H33FN10O14P2/c1-11(2)47-26(39)43-10-46-53(41)45-5-13-18(14(27)24(49-13)36-8-34-15-20(28)30-6-32-22(15)36)50-52(40,42-3)44-4-12-17(38)19(51-53)25(48-12)37-9-35-16-21(29)31-7-33-23(16)37/h6-9,11-14,17-19,24-25,38H,4-5,10H2,1-3H3,(H2,28,30,32)(H2,29,31,33)/t12-,13?,14?,17?,18?,19?,24?,25-,52?,53?/m1/s1. The third-order valence-corrected chi connectivity index (χ3v) is 10.9. The SMILES string of the molecule is COP1(=O)OC[C@H]2O[C@@H](n3cnc4c(N)ncnc43)C(OP(=O)(OCOC(=O)OC(C)C)OCC3OC(n4cnc5c(N)ncnc54)C(F)C3O1)C2O. The van der Waals surface area contributed by atoms with E-state index in [0.717, 1.165) is 19.8 Å². The Morgan fingerprint density at radius 1 is 0.906 bits per heavy atom. The van der Waals surface area contributed by atoms with Crippen molar-refractivity contribution in [3.05, 3.63) is 25.3 Å². The predicted molar refractivity (Wildman–Crippen MR) is 171 cm³/mol. The molecule has 4 aromatic rings. The number of alkyl halides is 1. The zero-order valence-corrected chi connectivity index (χ0v) is 29.7. The number of carbonyl (C=O) groups excluding carboxylic acids is 1. The summed E-state index contributed by atoms with van der Waals surface area (Å²) in [5, 5.41) is 11.5. The molecular formula is C26H33FN10O14P2. The molecular weight excluding hydrogens is 757 g/mol. The van der Waals surface area contributed by atoms with Gasteiger partial charge in [-0.1, -0.05) is 0 Å². The molecule has 24 nitrogen and oxygen atoms in total. The summed E-state index contributed by atoms with van der Waals surface area (Å²) >= 11 is 0. The van der Waals surface area contributed by atoms with Crippen molar-refractivity contribution in [1.82, 2.24) is 39.0 Å². The number of ether oxygens (including phenoxy) is 4. The molecule has 4 aromatic heterocycles. The van der Waals surface area contributed by atoms with Crippen LogP contribution in [-0.4, -0.2) is 120 Å². The summed E-state index contributed by atoms with van der Waals surface area (Å²) in [7, 11) is -8.72. The Labute approximate surface area is 297 Å². The maximum atomic E-state index is 16.4. The number of rotatable bonds is 7. The number of nitrogens with two attached hydrogens (primary N) is 2. The Balaban J connectivity index is 1.24. The van der Waals surface area contributed by atoms with E-state index in [9.17, 15) is 19.0 Å². The minimum Gasteiger partial charge on any atom is -0.432 e. The molecule has 7 rings (SSSR count). The average Bonchev–Trinajstić information content (AvgIpc) is 3.88. The van der Waals surface area contributed by atoms with E-state index in [4.69, 9.17) is 57.6 Å². The first-order chi connectivity index (χ1) is 25.3. The van der Waals surface area contributed by atoms with Gasteiger partial charge >= 0.3 is 21.8 Å². The summed E-state index contributed by atoms with van der Waals surface area (Å²) in [6.07, 6.45) is -10.3. The summed E-state index contributed by atoms with van der Waals surface area (Å²) in [5.74, 6) is 0.0243. The van der Waals surface area contributed by atoms with Gasteiger partial charge in [0.2, 0.25) is 6.79 Å². The van der Waals surface area contributed by atoms with Gasteiger partial charge in [0.15, 0.2) is 41.6 Å². The first kappa shape index (κ1) is 37.3. The highest BCUT2D eigenvalue weighted by molar-refractivity contribution is 7.48. The van der Waals surface area contributed by atoms with Crippen LogP contribution in [0.2, 0.25) is 0 Å². The van der Waals surface area contributed by atoms with Crippen LogP contribution in [-0.2, 0) is 55.2 Å². The van der Waals surface area contributed by atoms with Crippen LogP contribution in [0.15, 0.2) is 25.3 Å². The highest BCUT2D eigenvalue weighted by Crippen LogP contribution is 2.57. The molecule has 3 aliphatic rings. The zero-order chi connectivity index (χ0) is 37.7. The van der Waals surface area contributed by atoms with Gasteiger partial charge in [0.1, 0.15) is 54.2 Å². The minimum atomic E-state index is -5.02. The van der Waals surface area contributed by atoms with E-state index >= 15 is 4.39 Å². The fourth-order valence-corrected chi connectivity index (χ4v) is 8.07. The Kier molecular flexibility index (Phi) is 10.3. The maximum Gasteiger partial charge on any atom is 0.510 e. The quantitative estimate of drug-likeness (QED) is 0.136. The Hall–Kier alpha value is -4.00. The number of anilines is 2. The van der Waals surface area contributed by atoms with Crippen LogP contribution in [0.5, 0.6) is 0 Å². The number of nitrogen functional groups attached to an aromatic ring is 2. The molecule has 3 fully saturated rings. The van der Waals surface area contributed by atoms with E-state index in [1.54, 1.807) is 13.8 Å². The van der Waals surface area contributed by atoms with Gasteiger partial charge in [-0.3, -0.25) is 31.8 Å². The maximum absolute atomic E-state index is 16.4. The number of phosphoric ester groups is 2. The molecule has 53 heavy (non-hydrogen) atoms. The number of hydrogen-bond donors (Lipinski definition) is 3. The van der Waals surface area contributed by atoms with Crippen LogP contribution in [0.4, 0.5) is 20.8 Å². The predicted octanol–water partition coefficient (Wildman–Crippen LogP) is 1.54. The largest absolute Gasteiger partial charge is 0.510 e. The van der Waals surface area contributed by atoms with Crippen LogP contribution < -0.4 is 11.5 Å². The Bertz CT molecular complexity index is 2070. The molecule has 0 saturated carbocycles. The van der Waals surface area contributed by atoms with Gasteiger partial charge in [0, 0.05) is 7.11 Å². The number of phosphoric acid groups is 2. The molecule has 3 aliphatic heterocycles. The summed E-state index contributed by atoms with van der Waals surface area (Å²) in [4.78, 5) is 36.4. The third kappa shape index (κ3) is 7.29. The van der Waals surface area contributed by atoms with Crippen molar-refractivity contribution < 1.29 is 69.5 Å². The Morgan fingerprint density at radius 2 is 1.47 bits per heavy atom. The number of fused-ring (bicyclic) bond motifs is 5. The van der Waals surface area contributed by atoms with Crippen LogP contribution in [0.1, 0.15) is 26.3 Å². The van der Waals surface area contributed by atoms with Gasteiger partial charge in [0.25, 0.3) is 0 Å². The van der Waals surface area contributed by atoms with E-state index in [1.165, 1.54) is 21.8 Å². The van der Waals surface area contributed by atoms with Crippen molar-refractivity contribution in [2.24, 2.45) is 0 Å². The lowest BCUT2D eigenvalue weighted by Crippen LogP contribution is -2.35. The van der Waals surface area contributed by atoms with Crippen molar-refractivity contribution >= 4 is 55.8 Å². The van der Waals surface area contributed by atoms with E-state index in [2.05, 4.69) is 29.9 Å². The van der Waals surface area contributed by atoms with Crippen LogP contribution >= 0.6 is 15.6 Å². The number of aliphatic hydroxyl groups is 1. The lowest BCUT2D eigenvalue weighted by Gasteiger charge is -2.27. The molecule has 0 aliphatic carbocycles. The molecule has 27 heteroatoms. The average molecular weight is 791 g/mol. The molecule has 8 unspecified atom stereocenters. The highest BCUT2D eigenvalue weighted by atomic mass is 31.2.